The van der Waals surface area contributed by atoms with Crippen molar-refractivity contribution in [3.8, 4) is 11.5 Å². The zero-order valence-electron chi connectivity index (χ0n) is 17.1. The number of hydrogen-bond acceptors (Lipinski definition) is 3. The Morgan fingerprint density at radius 3 is 2.33 bits per heavy atom. The lowest BCUT2D eigenvalue weighted by Gasteiger charge is -2.15. The molecule has 6 heteroatoms. The van der Waals surface area contributed by atoms with E-state index >= 15 is 0 Å². The van der Waals surface area contributed by atoms with E-state index in [4.69, 9.17) is 32.7 Å². The maximum Gasteiger partial charge on any atom is 0.255 e. The van der Waals surface area contributed by atoms with Crippen molar-refractivity contribution in [2.45, 2.75) is 27.4 Å². The van der Waals surface area contributed by atoms with Crippen molar-refractivity contribution in [2.75, 3.05) is 11.9 Å². The Bertz CT molecular complexity index is 1050. The number of carbonyl (C=O) groups excluding carboxylic acids is 1. The van der Waals surface area contributed by atoms with Gasteiger partial charge in [0.25, 0.3) is 5.91 Å². The molecule has 0 fully saturated rings. The fourth-order valence-electron chi connectivity index (χ4n) is 2.82. The van der Waals surface area contributed by atoms with E-state index in [-0.39, 0.29) is 5.91 Å². The molecule has 156 valence electrons. The lowest BCUT2D eigenvalue weighted by Crippen LogP contribution is -2.13. The molecule has 1 N–H and O–H groups in total. The van der Waals surface area contributed by atoms with Crippen LogP contribution in [0.25, 0.3) is 0 Å². The molecule has 0 spiro atoms. The fraction of sp³-hybridized carbons (Fsp3) is 0.208. The van der Waals surface area contributed by atoms with Gasteiger partial charge in [-0.25, -0.2) is 0 Å². The second kappa shape index (κ2) is 9.88. The Kier molecular flexibility index (Phi) is 7.24. The Morgan fingerprint density at radius 2 is 1.67 bits per heavy atom. The first-order valence-electron chi connectivity index (χ1n) is 9.59. The first-order chi connectivity index (χ1) is 14.4. The average molecular weight is 444 g/mol. The van der Waals surface area contributed by atoms with Crippen LogP contribution in [0, 0.1) is 13.8 Å². The van der Waals surface area contributed by atoms with Crippen molar-refractivity contribution < 1.29 is 14.3 Å². The van der Waals surface area contributed by atoms with Crippen LogP contribution in [0.4, 0.5) is 5.69 Å². The second-order valence-corrected chi connectivity index (χ2v) is 7.73. The van der Waals surface area contributed by atoms with Gasteiger partial charge in [-0.15, -0.1) is 0 Å². The zero-order valence-corrected chi connectivity index (χ0v) is 18.6. The van der Waals surface area contributed by atoms with E-state index in [2.05, 4.69) is 5.32 Å². The summed E-state index contributed by atoms with van der Waals surface area (Å²) in [6.45, 7) is 6.54. The summed E-state index contributed by atoms with van der Waals surface area (Å²) in [7, 11) is 0. The van der Waals surface area contributed by atoms with Crippen molar-refractivity contribution in [3.63, 3.8) is 0 Å². The molecule has 3 aromatic carbocycles. The van der Waals surface area contributed by atoms with E-state index in [1.165, 1.54) is 5.56 Å². The summed E-state index contributed by atoms with van der Waals surface area (Å²) in [6, 6.07) is 16.6. The van der Waals surface area contributed by atoms with Crippen molar-refractivity contribution >= 4 is 34.8 Å². The van der Waals surface area contributed by atoms with E-state index in [1.54, 1.807) is 24.3 Å². The van der Waals surface area contributed by atoms with E-state index in [9.17, 15) is 4.79 Å². The van der Waals surface area contributed by atoms with Crippen molar-refractivity contribution in [2.24, 2.45) is 0 Å². The van der Waals surface area contributed by atoms with Gasteiger partial charge in [0, 0.05) is 16.3 Å². The van der Waals surface area contributed by atoms with Crippen LogP contribution in [0.1, 0.15) is 34.0 Å². The molecule has 0 aromatic heterocycles. The quantitative estimate of drug-likeness (QED) is 0.434. The minimum absolute atomic E-state index is 0.306. The van der Waals surface area contributed by atoms with Crippen LogP contribution in [-0.4, -0.2) is 12.5 Å². The number of rotatable bonds is 7. The number of aryl methyl sites for hydroxylation is 2. The van der Waals surface area contributed by atoms with Crippen LogP contribution >= 0.6 is 23.2 Å². The molecule has 0 unspecified atom stereocenters. The molecule has 3 aromatic rings. The van der Waals surface area contributed by atoms with Gasteiger partial charge in [0.2, 0.25) is 0 Å². The topological polar surface area (TPSA) is 47.6 Å². The molecule has 0 atom stereocenters. The highest BCUT2D eigenvalue weighted by Gasteiger charge is 2.17. The van der Waals surface area contributed by atoms with E-state index in [0.717, 1.165) is 11.1 Å². The van der Waals surface area contributed by atoms with Crippen molar-refractivity contribution in [3.05, 3.63) is 86.9 Å². The molecule has 0 bridgehead atoms. The Morgan fingerprint density at radius 1 is 0.933 bits per heavy atom. The molecular formula is C24H23Cl2NO3. The highest BCUT2D eigenvalue weighted by Crippen LogP contribution is 2.37. The highest BCUT2D eigenvalue weighted by atomic mass is 35.5. The zero-order chi connectivity index (χ0) is 21.7. The SMILES string of the molecule is CCOc1cc(C(=O)Nc2ccc(C)c(Cl)c2)cc(Cl)c1OCc1ccc(C)cc1. The second-order valence-electron chi connectivity index (χ2n) is 6.91. The predicted octanol–water partition coefficient (Wildman–Crippen LogP) is 6.84. The summed E-state index contributed by atoms with van der Waals surface area (Å²) in [5.74, 6) is 0.515. The molecule has 0 saturated heterocycles. The molecule has 0 aliphatic carbocycles. The molecule has 0 heterocycles. The summed E-state index contributed by atoms with van der Waals surface area (Å²) in [6.07, 6.45) is 0. The molecular weight excluding hydrogens is 421 g/mol. The number of halogens is 2. The Balaban J connectivity index is 1.81. The van der Waals surface area contributed by atoms with Crippen LogP contribution in [0.3, 0.4) is 0 Å². The predicted molar refractivity (Wildman–Crippen MR) is 122 cm³/mol. The standard InChI is InChI=1S/C24H23Cl2NO3/c1-4-29-22-12-18(24(28)27-19-10-7-16(3)20(25)13-19)11-21(26)23(22)30-14-17-8-5-15(2)6-9-17/h5-13H,4,14H2,1-3H3,(H,27,28). The first kappa shape index (κ1) is 22.0. The Labute approximate surface area is 186 Å². The molecule has 30 heavy (non-hydrogen) atoms. The number of amides is 1. The number of hydrogen-bond donors (Lipinski definition) is 1. The minimum Gasteiger partial charge on any atom is -0.490 e. The maximum atomic E-state index is 12.7. The van der Waals surface area contributed by atoms with Gasteiger partial charge in [-0.1, -0.05) is 59.1 Å². The number of benzene rings is 3. The van der Waals surface area contributed by atoms with E-state index in [1.807, 2.05) is 51.1 Å². The molecule has 4 nitrogen and oxygen atoms in total. The number of anilines is 1. The van der Waals surface area contributed by atoms with Crippen molar-refractivity contribution in [1.82, 2.24) is 0 Å². The molecule has 0 radical (unpaired) electrons. The van der Waals surface area contributed by atoms with Gasteiger partial charge >= 0.3 is 0 Å². The third kappa shape index (κ3) is 5.47. The van der Waals surface area contributed by atoms with Gasteiger partial charge < -0.3 is 14.8 Å². The van der Waals surface area contributed by atoms with Crippen LogP contribution in [0.15, 0.2) is 54.6 Å². The third-order valence-corrected chi connectivity index (χ3v) is 5.19. The molecule has 1 amide bonds. The molecule has 0 aliphatic heterocycles. The molecule has 0 saturated carbocycles. The Hall–Kier alpha value is -2.69. The van der Waals surface area contributed by atoms with Gasteiger partial charge in [-0.2, -0.15) is 0 Å². The fourth-order valence-corrected chi connectivity index (χ4v) is 3.26. The van der Waals surface area contributed by atoms with Gasteiger partial charge in [-0.05, 0) is 56.2 Å². The third-order valence-electron chi connectivity index (χ3n) is 4.51. The summed E-state index contributed by atoms with van der Waals surface area (Å²) in [5, 5.41) is 3.72. The lowest BCUT2D eigenvalue weighted by molar-refractivity contribution is 0.102. The minimum atomic E-state index is -0.317. The number of carbonyl (C=O) groups is 1. The monoisotopic (exact) mass is 443 g/mol. The maximum absolute atomic E-state index is 12.7. The molecule has 3 rings (SSSR count). The van der Waals surface area contributed by atoms with Gasteiger partial charge in [0.05, 0.1) is 11.6 Å². The van der Waals surface area contributed by atoms with Crippen molar-refractivity contribution in [1.29, 1.82) is 0 Å². The largest absolute Gasteiger partial charge is 0.490 e. The lowest BCUT2D eigenvalue weighted by atomic mass is 10.1. The molecule has 0 aliphatic rings. The number of ether oxygens (including phenoxy) is 2. The van der Waals surface area contributed by atoms with E-state index in [0.29, 0.717) is 46.0 Å². The average Bonchev–Trinajstić information content (AvgIpc) is 2.71. The normalized spacial score (nSPS) is 10.6. The first-order valence-corrected chi connectivity index (χ1v) is 10.3. The summed E-state index contributed by atoms with van der Waals surface area (Å²) >= 11 is 12.6. The highest BCUT2D eigenvalue weighted by molar-refractivity contribution is 6.33. The van der Waals surface area contributed by atoms with Gasteiger partial charge in [0.1, 0.15) is 6.61 Å². The summed E-state index contributed by atoms with van der Waals surface area (Å²) < 4.78 is 11.6. The van der Waals surface area contributed by atoms with Gasteiger partial charge in [0.15, 0.2) is 11.5 Å². The van der Waals surface area contributed by atoms with Crippen LogP contribution < -0.4 is 14.8 Å². The summed E-state index contributed by atoms with van der Waals surface area (Å²) in [4.78, 5) is 12.7. The van der Waals surface area contributed by atoms with E-state index < -0.39 is 0 Å². The smallest absolute Gasteiger partial charge is 0.255 e. The van der Waals surface area contributed by atoms with Gasteiger partial charge in [-0.3, -0.25) is 4.79 Å². The van der Waals surface area contributed by atoms with Crippen LogP contribution in [0.2, 0.25) is 10.0 Å². The van der Waals surface area contributed by atoms with Crippen LogP contribution in [0.5, 0.6) is 11.5 Å². The number of nitrogens with one attached hydrogen (secondary N) is 1. The summed E-state index contributed by atoms with van der Waals surface area (Å²) in [5.41, 5.74) is 4.09. The van der Waals surface area contributed by atoms with Crippen LogP contribution in [-0.2, 0) is 6.61 Å².